The van der Waals surface area contributed by atoms with Crippen LogP contribution in [0.1, 0.15) is 35.5 Å². The van der Waals surface area contributed by atoms with Crippen LogP contribution in [0.25, 0.3) is 11.0 Å². The van der Waals surface area contributed by atoms with Crippen LogP contribution in [-0.4, -0.2) is 32.7 Å². The molecule has 0 spiro atoms. The van der Waals surface area contributed by atoms with E-state index >= 15 is 0 Å². The lowest BCUT2D eigenvalue weighted by Crippen LogP contribution is -2.34. The van der Waals surface area contributed by atoms with Crippen LogP contribution in [0.2, 0.25) is 0 Å². The summed E-state index contributed by atoms with van der Waals surface area (Å²) in [5, 5.41) is 8.83. The van der Waals surface area contributed by atoms with Crippen LogP contribution in [0.3, 0.4) is 0 Å². The van der Waals surface area contributed by atoms with Gasteiger partial charge in [0.15, 0.2) is 15.6 Å². The van der Waals surface area contributed by atoms with Gasteiger partial charge in [-0.1, -0.05) is 30.3 Å². The zero-order valence-electron chi connectivity index (χ0n) is 17.6. The van der Waals surface area contributed by atoms with Crippen molar-refractivity contribution in [1.82, 2.24) is 10.6 Å². The molecule has 0 unspecified atom stereocenters. The number of fused-ring (bicyclic) bond motifs is 1. The molecule has 1 aromatic heterocycles. The highest BCUT2D eigenvalue weighted by molar-refractivity contribution is 7.89. The van der Waals surface area contributed by atoms with Crippen LogP contribution in [0.15, 0.2) is 52.9 Å². The van der Waals surface area contributed by atoms with Gasteiger partial charge >= 0.3 is 6.03 Å². The van der Waals surface area contributed by atoms with E-state index in [9.17, 15) is 18.0 Å². The Bertz CT molecular complexity index is 1200. The molecule has 0 saturated carbocycles. The summed E-state index contributed by atoms with van der Waals surface area (Å²) in [5.41, 5.74) is 2.25. The van der Waals surface area contributed by atoms with Gasteiger partial charge in [-0.2, -0.15) is 0 Å². The molecule has 0 radical (unpaired) electrons. The van der Waals surface area contributed by atoms with Crippen molar-refractivity contribution < 1.29 is 22.4 Å². The molecule has 3 amide bonds. The minimum absolute atomic E-state index is 0.00438. The van der Waals surface area contributed by atoms with E-state index in [0.717, 1.165) is 11.8 Å². The number of sulfone groups is 1. The number of furan rings is 1. The molecule has 9 heteroatoms. The molecule has 0 fully saturated rings. The fraction of sp³-hybridized carbons (Fsp3) is 0.273. The fourth-order valence-electron chi connectivity index (χ4n) is 3.09. The van der Waals surface area contributed by atoms with E-state index in [1.807, 2.05) is 13.8 Å². The zero-order chi connectivity index (χ0) is 22.6. The number of anilines is 1. The summed E-state index contributed by atoms with van der Waals surface area (Å²) in [7, 11) is -3.36. The van der Waals surface area contributed by atoms with E-state index in [1.165, 1.54) is 0 Å². The van der Waals surface area contributed by atoms with Gasteiger partial charge in [-0.3, -0.25) is 4.79 Å². The molecular formula is C22H25N3O5S. The number of nitrogens with one attached hydrogen (secondary N) is 3. The summed E-state index contributed by atoms with van der Waals surface area (Å²) in [6.07, 6.45) is 1.12. The first kappa shape index (κ1) is 22.4. The van der Waals surface area contributed by atoms with Crippen molar-refractivity contribution in [2.24, 2.45) is 0 Å². The van der Waals surface area contributed by atoms with Crippen molar-refractivity contribution in [2.75, 3.05) is 11.6 Å². The van der Waals surface area contributed by atoms with Crippen molar-refractivity contribution in [1.29, 1.82) is 0 Å². The normalized spacial score (nSPS) is 11.5. The van der Waals surface area contributed by atoms with E-state index in [1.54, 1.807) is 48.5 Å². The summed E-state index contributed by atoms with van der Waals surface area (Å²) in [5.74, 6) is -0.783. The van der Waals surface area contributed by atoms with Gasteiger partial charge in [0.25, 0.3) is 5.91 Å². The molecule has 8 nitrogen and oxygen atoms in total. The Balaban J connectivity index is 1.70. The molecule has 0 saturated heterocycles. The van der Waals surface area contributed by atoms with Gasteiger partial charge in [0, 0.05) is 35.5 Å². The highest BCUT2D eigenvalue weighted by Crippen LogP contribution is 2.27. The second kappa shape index (κ2) is 9.22. The zero-order valence-corrected chi connectivity index (χ0v) is 18.4. The highest BCUT2D eigenvalue weighted by atomic mass is 32.2. The van der Waals surface area contributed by atoms with Gasteiger partial charge in [-0.05, 0) is 37.6 Å². The maximum atomic E-state index is 12.7. The van der Waals surface area contributed by atoms with E-state index in [-0.39, 0.29) is 30.1 Å². The molecule has 0 bridgehead atoms. The largest absolute Gasteiger partial charge is 0.451 e. The number of benzene rings is 2. The predicted octanol–water partition coefficient (Wildman–Crippen LogP) is 3.44. The van der Waals surface area contributed by atoms with Crippen LogP contribution in [0.4, 0.5) is 10.5 Å². The maximum absolute atomic E-state index is 12.7. The third kappa shape index (κ3) is 6.08. The van der Waals surface area contributed by atoms with Gasteiger partial charge in [-0.25, -0.2) is 13.2 Å². The molecule has 0 aliphatic carbocycles. The van der Waals surface area contributed by atoms with Gasteiger partial charge in [-0.15, -0.1) is 0 Å². The van der Waals surface area contributed by atoms with Crippen LogP contribution < -0.4 is 16.0 Å². The van der Waals surface area contributed by atoms with Crippen molar-refractivity contribution in [3.05, 3.63) is 65.4 Å². The van der Waals surface area contributed by atoms with Crippen LogP contribution in [-0.2, 0) is 22.1 Å². The number of urea groups is 1. The van der Waals surface area contributed by atoms with Crippen LogP contribution in [0, 0.1) is 0 Å². The van der Waals surface area contributed by atoms with E-state index < -0.39 is 15.7 Å². The molecular weight excluding hydrogens is 418 g/mol. The van der Waals surface area contributed by atoms with Crippen molar-refractivity contribution >= 4 is 38.4 Å². The SMILES string of the molecule is CC(C)NC(=O)Nc1ccc(CNC(=O)c2oc3ccccc3c2CS(C)(=O)=O)cc1. The molecule has 31 heavy (non-hydrogen) atoms. The van der Waals surface area contributed by atoms with Crippen LogP contribution >= 0.6 is 0 Å². The molecule has 3 rings (SSSR count). The Morgan fingerprint density at radius 1 is 1.03 bits per heavy atom. The Labute approximate surface area is 180 Å². The average Bonchev–Trinajstić information content (AvgIpc) is 3.03. The Morgan fingerprint density at radius 2 is 1.71 bits per heavy atom. The van der Waals surface area contributed by atoms with E-state index in [2.05, 4.69) is 16.0 Å². The molecule has 2 aromatic carbocycles. The molecule has 164 valence electrons. The Morgan fingerprint density at radius 3 is 2.35 bits per heavy atom. The Hall–Kier alpha value is -3.33. The first-order chi connectivity index (χ1) is 14.6. The molecule has 3 aromatic rings. The standard InChI is InChI=1S/C22H25N3O5S/c1-14(2)24-22(27)25-16-10-8-15(9-11-16)12-23-21(26)20-18(13-31(3,28)29)17-6-4-5-7-19(17)30-20/h4-11,14H,12-13H2,1-3H3,(H,23,26)(H2,24,25,27). The average molecular weight is 444 g/mol. The van der Waals surface area contributed by atoms with Gasteiger partial charge in [0.2, 0.25) is 0 Å². The highest BCUT2D eigenvalue weighted by Gasteiger charge is 2.23. The summed E-state index contributed by atoms with van der Waals surface area (Å²) >= 11 is 0. The number of para-hydroxylation sites is 1. The first-order valence-electron chi connectivity index (χ1n) is 9.75. The molecule has 0 aliphatic heterocycles. The third-order valence-corrected chi connectivity index (χ3v) is 5.21. The maximum Gasteiger partial charge on any atom is 0.319 e. The number of carbonyl (C=O) groups excluding carboxylic acids is 2. The number of hydrogen-bond donors (Lipinski definition) is 3. The molecule has 0 aliphatic rings. The smallest absolute Gasteiger partial charge is 0.319 e. The minimum atomic E-state index is -3.36. The van der Waals surface area contributed by atoms with Crippen molar-refractivity contribution in [2.45, 2.75) is 32.2 Å². The lowest BCUT2D eigenvalue weighted by molar-refractivity contribution is 0.0924. The van der Waals surface area contributed by atoms with Crippen molar-refractivity contribution in [3.8, 4) is 0 Å². The summed E-state index contributed by atoms with van der Waals surface area (Å²) in [4.78, 5) is 24.5. The summed E-state index contributed by atoms with van der Waals surface area (Å²) in [6, 6.07) is 13.7. The molecule has 0 atom stereocenters. The summed E-state index contributed by atoms with van der Waals surface area (Å²) < 4.78 is 29.4. The number of hydrogen-bond acceptors (Lipinski definition) is 5. The van der Waals surface area contributed by atoms with Crippen LogP contribution in [0.5, 0.6) is 0 Å². The topological polar surface area (TPSA) is 118 Å². The van der Waals surface area contributed by atoms with Gasteiger partial charge < -0.3 is 20.4 Å². The number of amides is 3. The van der Waals surface area contributed by atoms with Gasteiger partial charge in [0.1, 0.15) is 5.58 Å². The van der Waals surface area contributed by atoms with E-state index in [0.29, 0.717) is 22.2 Å². The van der Waals surface area contributed by atoms with Crippen molar-refractivity contribution in [3.63, 3.8) is 0 Å². The quantitative estimate of drug-likeness (QED) is 0.517. The Kier molecular flexibility index (Phi) is 6.65. The van der Waals surface area contributed by atoms with Gasteiger partial charge in [0.05, 0.1) is 5.75 Å². The van der Waals surface area contributed by atoms with E-state index in [4.69, 9.17) is 4.42 Å². The lowest BCUT2D eigenvalue weighted by atomic mass is 10.1. The second-order valence-corrected chi connectivity index (χ2v) is 9.75. The third-order valence-electron chi connectivity index (χ3n) is 4.40. The predicted molar refractivity (Wildman–Crippen MR) is 120 cm³/mol. The fourth-order valence-corrected chi connectivity index (χ4v) is 3.90. The number of rotatable bonds is 7. The lowest BCUT2D eigenvalue weighted by Gasteiger charge is -2.11. The first-order valence-corrected chi connectivity index (χ1v) is 11.8. The minimum Gasteiger partial charge on any atom is -0.451 e. The summed E-state index contributed by atoms with van der Waals surface area (Å²) in [6.45, 7) is 3.95. The monoisotopic (exact) mass is 443 g/mol. The second-order valence-electron chi connectivity index (χ2n) is 7.61. The molecule has 1 heterocycles. The molecule has 3 N–H and O–H groups in total. The number of carbonyl (C=O) groups is 2.